The molecule has 1 aliphatic heterocycles. The van der Waals surface area contributed by atoms with E-state index in [1.54, 1.807) is 18.0 Å². The summed E-state index contributed by atoms with van der Waals surface area (Å²) < 4.78 is 5.21. The lowest BCUT2D eigenvalue weighted by Gasteiger charge is -2.21. The number of hydrogen-bond acceptors (Lipinski definition) is 5. The van der Waals surface area contributed by atoms with Crippen LogP contribution in [0.3, 0.4) is 0 Å². The Morgan fingerprint density at radius 2 is 2.00 bits per heavy atom. The first-order valence-electron chi connectivity index (χ1n) is 8.45. The van der Waals surface area contributed by atoms with Gasteiger partial charge in [-0.15, -0.1) is 11.8 Å². The van der Waals surface area contributed by atoms with Crippen molar-refractivity contribution in [1.29, 1.82) is 0 Å². The lowest BCUT2D eigenvalue weighted by Crippen LogP contribution is -2.32. The SMILES string of the molecule is Cc1noc(C)c1CSc1ncccc1C(=O)N1CCCCCC1. The van der Waals surface area contributed by atoms with Gasteiger partial charge >= 0.3 is 0 Å². The van der Waals surface area contributed by atoms with E-state index in [2.05, 4.69) is 10.1 Å². The second kappa shape index (κ2) is 7.83. The van der Waals surface area contributed by atoms with E-state index in [0.29, 0.717) is 11.3 Å². The number of aryl methyl sites for hydroxylation is 2. The van der Waals surface area contributed by atoms with Gasteiger partial charge in [-0.3, -0.25) is 4.79 Å². The van der Waals surface area contributed by atoms with Crippen LogP contribution in [-0.4, -0.2) is 34.0 Å². The summed E-state index contributed by atoms with van der Waals surface area (Å²) in [6.07, 6.45) is 6.35. The van der Waals surface area contributed by atoms with Gasteiger partial charge in [-0.1, -0.05) is 18.0 Å². The van der Waals surface area contributed by atoms with Crippen LogP contribution in [0.2, 0.25) is 0 Å². The molecule has 24 heavy (non-hydrogen) atoms. The van der Waals surface area contributed by atoms with Gasteiger partial charge in [-0.2, -0.15) is 0 Å². The van der Waals surface area contributed by atoms with Crippen molar-refractivity contribution >= 4 is 17.7 Å². The first-order valence-corrected chi connectivity index (χ1v) is 9.44. The molecule has 1 fully saturated rings. The van der Waals surface area contributed by atoms with Gasteiger partial charge in [0, 0.05) is 30.6 Å². The van der Waals surface area contributed by atoms with E-state index in [1.165, 1.54) is 12.8 Å². The number of hydrogen-bond donors (Lipinski definition) is 0. The van der Waals surface area contributed by atoms with Crippen LogP contribution >= 0.6 is 11.8 Å². The molecule has 0 saturated carbocycles. The van der Waals surface area contributed by atoms with E-state index in [9.17, 15) is 4.79 Å². The molecule has 0 radical (unpaired) electrons. The smallest absolute Gasteiger partial charge is 0.256 e. The first-order chi connectivity index (χ1) is 11.7. The third-order valence-electron chi connectivity index (χ3n) is 4.43. The summed E-state index contributed by atoms with van der Waals surface area (Å²) in [6, 6.07) is 3.72. The molecule has 0 aliphatic carbocycles. The highest BCUT2D eigenvalue weighted by Crippen LogP contribution is 2.28. The van der Waals surface area contributed by atoms with E-state index in [1.807, 2.05) is 30.9 Å². The maximum absolute atomic E-state index is 12.9. The lowest BCUT2D eigenvalue weighted by molar-refractivity contribution is 0.0757. The van der Waals surface area contributed by atoms with Gasteiger partial charge in [-0.05, 0) is 38.8 Å². The normalized spacial score (nSPS) is 15.3. The summed E-state index contributed by atoms with van der Waals surface area (Å²) in [5.41, 5.74) is 2.69. The van der Waals surface area contributed by atoms with Gasteiger partial charge in [0.05, 0.1) is 11.3 Å². The largest absolute Gasteiger partial charge is 0.361 e. The Morgan fingerprint density at radius 1 is 1.25 bits per heavy atom. The molecule has 1 amide bonds. The molecule has 2 aromatic rings. The topological polar surface area (TPSA) is 59.2 Å². The molecular formula is C18H23N3O2S. The molecule has 0 unspecified atom stereocenters. The Hall–Kier alpha value is -1.82. The second-order valence-corrected chi connectivity index (χ2v) is 7.12. The van der Waals surface area contributed by atoms with E-state index >= 15 is 0 Å². The van der Waals surface area contributed by atoms with Crippen molar-refractivity contribution in [3.63, 3.8) is 0 Å². The number of carbonyl (C=O) groups is 1. The van der Waals surface area contributed by atoms with Gasteiger partial charge in [0.2, 0.25) is 0 Å². The Balaban J connectivity index is 1.76. The number of pyridine rings is 1. The van der Waals surface area contributed by atoms with Crippen LogP contribution in [0, 0.1) is 13.8 Å². The van der Waals surface area contributed by atoms with E-state index in [0.717, 1.165) is 48.0 Å². The van der Waals surface area contributed by atoms with Crippen LogP contribution in [-0.2, 0) is 5.75 Å². The van der Waals surface area contributed by atoms with Crippen LogP contribution < -0.4 is 0 Å². The first kappa shape index (κ1) is 17.0. The van der Waals surface area contributed by atoms with Crippen LogP contribution in [0.5, 0.6) is 0 Å². The average molecular weight is 345 g/mol. The van der Waals surface area contributed by atoms with Gasteiger partial charge in [0.1, 0.15) is 10.8 Å². The van der Waals surface area contributed by atoms with Crippen molar-refractivity contribution in [3.8, 4) is 0 Å². The maximum Gasteiger partial charge on any atom is 0.256 e. The fourth-order valence-corrected chi connectivity index (χ4v) is 4.10. The summed E-state index contributed by atoms with van der Waals surface area (Å²) >= 11 is 1.57. The molecule has 3 rings (SSSR count). The number of rotatable bonds is 4. The van der Waals surface area contributed by atoms with Gasteiger partial charge < -0.3 is 9.42 Å². The molecular weight excluding hydrogens is 322 g/mol. The van der Waals surface area contributed by atoms with Crippen LogP contribution in [0.4, 0.5) is 0 Å². The third kappa shape index (κ3) is 3.80. The summed E-state index contributed by atoms with van der Waals surface area (Å²) in [7, 11) is 0. The predicted octanol–water partition coefficient (Wildman–Crippen LogP) is 3.99. The summed E-state index contributed by atoms with van der Waals surface area (Å²) in [6.45, 7) is 5.55. The monoisotopic (exact) mass is 345 g/mol. The zero-order chi connectivity index (χ0) is 16.9. The molecule has 0 N–H and O–H groups in total. The zero-order valence-electron chi connectivity index (χ0n) is 14.2. The Labute approximate surface area is 146 Å². The maximum atomic E-state index is 12.9. The highest BCUT2D eigenvalue weighted by atomic mass is 32.2. The van der Waals surface area contributed by atoms with Crippen molar-refractivity contribution in [2.24, 2.45) is 0 Å². The Morgan fingerprint density at radius 3 is 2.67 bits per heavy atom. The molecule has 128 valence electrons. The molecule has 3 heterocycles. The van der Waals surface area contributed by atoms with Crippen molar-refractivity contribution in [1.82, 2.24) is 15.0 Å². The van der Waals surface area contributed by atoms with Crippen molar-refractivity contribution in [2.45, 2.75) is 50.3 Å². The Kier molecular flexibility index (Phi) is 5.56. The number of nitrogens with zero attached hydrogens (tertiary/aromatic N) is 3. The second-order valence-electron chi connectivity index (χ2n) is 6.15. The number of aromatic nitrogens is 2. The number of carbonyl (C=O) groups excluding carboxylic acids is 1. The highest BCUT2D eigenvalue weighted by molar-refractivity contribution is 7.98. The van der Waals surface area contributed by atoms with Crippen LogP contribution in [0.25, 0.3) is 0 Å². The summed E-state index contributed by atoms with van der Waals surface area (Å²) in [5, 5.41) is 4.77. The van der Waals surface area contributed by atoms with Gasteiger partial charge in [0.15, 0.2) is 0 Å². The third-order valence-corrected chi connectivity index (χ3v) is 5.46. The number of amides is 1. The van der Waals surface area contributed by atoms with Crippen LogP contribution in [0.15, 0.2) is 27.9 Å². The van der Waals surface area contributed by atoms with Gasteiger partial charge in [0.25, 0.3) is 5.91 Å². The minimum atomic E-state index is 0.103. The summed E-state index contributed by atoms with van der Waals surface area (Å²) in [5.74, 6) is 1.64. The van der Waals surface area contributed by atoms with E-state index in [-0.39, 0.29) is 5.91 Å². The summed E-state index contributed by atoms with van der Waals surface area (Å²) in [4.78, 5) is 19.3. The standard InChI is InChI=1S/C18H23N3O2S/c1-13-16(14(2)23-20-13)12-24-17-15(8-7-9-19-17)18(22)21-10-5-3-4-6-11-21/h7-9H,3-6,10-12H2,1-2H3. The molecule has 1 saturated heterocycles. The Bertz CT molecular complexity index is 687. The van der Waals surface area contributed by atoms with E-state index in [4.69, 9.17) is 4.52 Å². The van der Waals surface area contributed by atoms with Crippen molar-refractivity contribution in [2.75, 3.05) is 13.1 Å². The molecule has 0 spiro atoms. The molecule has 0 atom stereocenters. The van der Waals surface area contributed by atoms with E-state index < -0.39 is 0 Å². The predicted molar refractivity (Wildman–Crippen MR) is 94.1 cm³/mol. The lowest BCUT2D eigenvalue weighted by atomic mass is 10.2. The zero-order valence-corrected chi connectivity index (χ0v) is 15.1. The molecule has 6 heteroatoms. The molecule has 0 bridgehead atoms. The fourth-order valence-electron chi connectivity index (χ4n) is 2.96. The van der Waals surface area contributed by atoms with Crippen LogP contribution in [0.1, 0.15) is 53.1 Å². The molecule has 5 nitrogen and oxygen atoms in total. The highest BCUT2D eigenvalue weighted by Gasteiger charge is 2.21. The minimum absolute atomic E-state index is 0.103. The fraction of sp³-hybridized carbons (Fsp3) is 0.500. The molecule has 0 aromatic carbocycles. The average Bonchev–Trinajstić information content (AvgIpc) is 2.81. The molecule has 2 aromatic heterocycles. The molecule has 1 aliphatic rings. The quantitative estimate of drug-likeness (QED) is 0.784. The minimum Gasteiger partial charge on any atom is -0.361 e. The number of thioether (sulfide) groups is 1. The van der Waals surface area contributed by atoms with Crippen molar-refractivity contribution < 1.29 is 9.32 Å². The number of likely N-dealkylation sites (tertiary alicyclic amines) is 1. The van der Waals surface area contributed by atoms with Gasteiger partial charge in [-0.25, -0.2) is 4.98 Å². The van der Waals surface area contributed by atoms with Crippen molar-refractivity contribution in [3.05, 3.63) is 40.9 Å².